The topological polar surface area (TPSA) is 35.6 Å². The zero-order chi connectivity index (χ0) is 16.2. The Labute approximate surface area is 154 Å². The Kier molecular flexibility index (Phi) is 3.99. The lowest BCUT2D eigenvalue weighted by Crippen LogP contribution is -2.62. The molecule has 2 bridgehead atoms. The molecule has 0 amide bonds. The van der Waals surface area contributed by atoms with E-state index in [9.17, 15) is 0 Å². The largest absolute Gasteiger partial charge is 0.421 e. The predicted molar refractivity (Wildman–Crippen MR) is 101 cm³/mol. The van der Waals surface area contributed by atoms with Crippen LogP contribution in [0.2, 0.25) is 11.6 Å². The summed E-state index contributed by atoms with van der Waals surface area (Å²) in [6.45, 7) is 4.15. The first-order chi connectivity index (χ1) is 11.0. The summed E-state index contributed by atoms with van der Waals surface area (Å²) < 4.78 is 6.77. The Hall–Kier alpha value is -0.555. The molecule has 0 aromatic carbocycles. The standard InChI is InChI=1S/C16H22BBr2N4/c1-11-15(18)9-22(20-11)17(23-10-16(19)12(2)21-23)13-5-3-6-14(17)8-4-7-13/h9-10,13-14H,3-8H2,1-2H3/q-1. The molecule has 2 aromatic rings. The molecule has 2 saturated heterocycles. The van der Waals surface area contributed by atoms with Gasteiger partial charge in [-0.15, -0.1) is 11.6 Å². The third-order valence-electron chi connectivity index (χ3n) is 6.25. The van der Waals surface area contributed by atoms with Crippen molar-refractivity contribution in [1.82, 2.24) is 19.4 Å². The third-order valence-corrected chi connectivity index (χ3v) is 7.81. The maximum absolute atomic E-state index is 4.93. The van der Waals surface area contributed by atoms with Crippen LogP contribution in [0.1, 0.15) is 49.9 Å². The van der Waals surface area contributed by atoms with Crippen molar-refractivity contribution in [3.8, 4) is 0 Å². The number of aromatic nitrogens is 4. The second-order valence-electron chi connectivity index (χ2n) is 7.37. The van der Waals surface area contributed by atoms with Crippen LogP contribution in [0.3, 0.4) is 0 Å². The molecule has 2 aromatic heterocycles. The Morgan fingerprint density at radius 1 is 0.870 bits per heavy atom. The predicted octanol–water partition coefficient (Wildman–Crippen LogP) is 5.17. The summed E-state index contributed by atoms with van der Waals surface area (Å²) in [6.07, 6.45) is 11.3. The molecule has 0 aliphatic carbocycles. The fourth-order valence-corrected chi connectivity index (χ4v) is 5.85. The van der Waals surface area contributed by atoms with Crippen LogP contribution < -0.4 is 0 Å². The van der Waals surface area contributed by atoms with E-state index in [0.717, 1.165) is 20.3 Å². The maximum Gasteiger partial charge on any atom is 0.232 e. The molecule has 4 nitrogen and oxygen atoms in total. The van der Waals surface area contributed by atoms with Crippen LogP contribution >= 0.6 is 31.9 Å². The van der Waals surface area contributed by atoms with E-state index >= 15 is 0 Å². The average Bonchev–Trinajstić information content (AvgIpc) is 3.01. The van der Waals surface area contributed by atoms with Gasteiger partial charge in [-0.2, -0.15) is 0 Å². The molecule has 0 unspecified atom stereocenters. The van der Waals surface area contributed by atoms with Crippen LogP contribution in [0.5, 0.6) is 0 Å². The van der Waals surface area contributed by atoms with Crippen molar-refractivity contribution in [3.05, 3.63) is 32.7 Å². The highest BCUT2D eigenvalue weighted by Crippen LogP contribution is 2.54. The van der Waals surface area contributed by atoms with E-state index < -0.39 is 6.42 Å². The van der Waals surface area contributed by atoms with Gasteiger partial charge in [0.1, 0.15) is 0 Å². The SMILES string of the molecule is Cc1nn([B-]2(n3cc(Br)c(C)n3)C3CCCC2CCC3)cc1Br. The molecule has 2 fully saturated rings. The molecule has 0 saturated carbocycles. The van der Waals surface area contributed by atoms with Crippen LogP contribution in [0.15, 0.2) is 21.3 Å². The molecular weight excluding hydrogens is 419 g/mol. The number of hydrogen-bond donors (Lipinski definition) is 0. The molecule has 7 heteroatoms. The number of fused-ring (bicyclic) bond motifs is 2. The van der Waals surface area contributed by atoms with Crippen LogP contribution in [0.4, 0.5) is 0 Å². The number of halogens is 2. The van der Waals surface area contributed by atoms with Crippen molar-refractivity contribution in [2.45, 2.75) is 64.0 Å². The van der Waals surface area contributed by atoms with Crippen molar-refractivity contribution in [2.24, 2.45) is 0 Å². The van der Waals surface area contributed by atoms with Gasteiger partial charge in [-0.3, -0.25) is 0 Å². The zero-order valence-electron chi connectivity index (χ0n) is 13.7. The summed E-state index contributed by atoms with van der Waals surface area (Å²) in [5.74, 6) is 1.33. The van der Waals surface area contributed by atoms with Gasteiger partial charge < -0.3 is 9.19 Å². The molecular formula is C16H22BBr2N4-. The average molecular weight is 441 g/mol. The molecule has 2 aliphatic heterocycles. The lowest BCUT2D eigenvalue weighted by molar-refractivity contribution is 0.402. The van der Waals surface area contributed by atoms with E-state index in [0.29, 0.717) is 11.6 Å². The summed E-state index contributed by atoms with van der Waals surface area (Å²) >= 11 is 7.33. The van der Waals surface area contributed by atoms with Crippen molar-refractivity contribution < 1.29 is 0 Å². The molecule has 0 radical (unpaired) electrons. The number of aryl methyl sites for hydroxylation is 2. The number of nitrogens with zero attached hydrogens (tertiary/aromatic N) is 4. The minimum absolute atomic E-state index is 0.667. The maximum atomic E-state index is 4.93. The summed E-state index contributed by atoms with van der Waals surface area (Å²) in [5, 5.41) is 9.85. The van der Waals surface area contributed by atoms with E-state index in [2.05, 4.69) is 67.3 Å². The lowest BCUT2D eigenvalue weighted by atomic mass is 9.24. The quantitative estimate of drug-likeness (QED) is 0.604. The summed E-state index contributed by atoms with van der Waals surface area (Å²) in [7, 11) is 0. The second kappa shape index (κ2) is 5.76. The Morgan fingerprint density at radius 2 is 1.26 bits per heavy atom. The van der Waals surface area contributed by atoms with Gasteiger partial charge in [0, 0.05) is 0 Å². The summed E-state index contributed by atoms with van der Waals surface area (Å²) in [4.78, 5) is 0. The molecule has 2 aliphatic rings. The van der Waals surface area contributed by atoms with Crippen LogP contribution in [-0.2, 0) is 0 Å². The molecule has 124 valence electrons. The van der Waals surface area contributed by atoms with Gasteiger partial charge in [0.25, 0.3) is 0 Å². The van der Waals surface area contributed by atoms with Crippen molar-refractivity contribution in [2.75, 3.05) is 0 Å². The highest BCUT2D eigenvalue weighted by Gasteiger charge is 2.49. The van der Waals surface area contributed by atoms with Gasteiger partial charge in [-0.05, 0) is 58.1 Å². The minimum atomic E-state index is -1.00. The molecule has 23 heavy (non-hydrogen) atoms. The van der Waals surface area contributed by atoms with E-state index in [1.54, 1.807) is 0 Å². The van der Waals surface area contributed by atoms with Gasteiger partial charge in [0.05, 0.1) is 20.3 Å². The lowest BCUT2D eigenvalue weighted by Gasteiger charge is -2.58. The Balaban J connectivity index is 1.96. The first kappa shape index (κ1) is 15.9. The Morgan fingerprint density at radius 3 is 1.57 bits per heavy atom. The highest BCUT2D eigenvalue weighted by atomic mass is 79.9. The third kappa shape index (κ3) is 2.29. The van der Waals surface area contributed by atoms with E-state index in [1.165, 1.54) is 38.5 Å². The molecule has 0 atom stereocenters. The first-order valence-corrected chi connectivity index (χ1v) is 10.2. The smallest absolute Gasteiger partial charge is 0.232 e. The number of hydrogen-bond acceptors (Lipinski definition) is 2. The zero-order valence-corrected chi connectivity index (χ0v) is 16.8. The molecule has 4 rings (SSSR count). The van der Waals surface area contributed by atoms with Crippen LogP contribution in [0.25, 0.3) is 0 Å². The normalized spacial score (nSPS) is 26.4. The van der Waals surface area contributed by atoms with Crippen molar-refractivity contribution in [3.63, 3.8) is 0 Å². The first-order valence-electron chi connectivity index (χ1n) is 8.63. The molecule has 0 spiro atoms. The van der Waals surface area contributed by atoms with E-state index in [1.807, 2.05) is 0 Å². The molecule has 4 heterocycles. The number of rotatable bonds is 2. The van der Waals surface area contributed by atoms with Gasteiger partial charge in [-0.1, -0.05) is 38.5 Å². The fraction of sp³-hybridized carbons (Fsp3) is 0.625. The van der Waals surface area contributed by atoms with Gasteiger partial charge in [-0.25, -0.2) is 10.2 Å². The van der Waals surface area contributed by atoms with Gasteiger partial charge in [0.2, 0.25) is 6.42 Å². The second-order valence-corrected chi connectivity index (χ2v) is 9.08. The van der Waals surface area contributed by atoms with Crippen LogP contribution in [0, 0.1) is 13.8 Å². The summed E-state index contributed by atoms with van der Waals surface area (Å²) in [5.41, 5.74) is 2.13. The van der Waals surface area contributed by atoms with E-state index in [-0.39, 0.29) is 0 Å². The Bertz CT molecular complexity index is 629. The van der Waals surface area contributed by atoms with Crippen LogP contribution in [-0.4, -0.2) is 25.8 Å². The van der Waals surface area contributed by atoms with Gasteiger partial charge >= 0.3 is 0 Å². The molecule has 0 N–H and O–H groups in total. The highest BCUT2D eigenvalue weighted by molar-refractivity contribution is 9.10. The van der Waals surface area contributed by atoms with E-state index in [4.69, 9.17) is 10.2 Å². The fourth-order valence-electron chi connectivity index (χ4n) is 5.27. The van der Waals surface area contributed by atoms with Crippen molar-refractivity contribution >= 4 is 38.3 Å². The monoisotopic (exact) mass is 439 g/mol. The van der Waals surface area contributed by atoms with Crippen molar-refractivity contribution in [1.29, 1.82) is 0 Å². The van der Waals surface area contributed by atoms with Gasteiger partial charge in [0.15, 0.2) is 0 Å². The minimum Gasteiger partial charge on any atom is -0.421 e. The summed E-state index contributed by atoms with van der Waals surface area (Å²) in [6, 6.07) is 0.